The number of aromatic nitrogens is 30. The first-order valence-electron chi connectivity index (χ1n) is 46.7. The van der Waals surface area contributed by atoms with Crippen molar-refractivity contribution in [2.45, 2.75) is 313 Å². The molecule has 0 spiro atoms. The summed E-state index contributed by atoms with van der Waals surface area (Å²) in [7, 11) is 0. The van der Waals surface area contributed by atoms with Gasteiger partial charge in [-0.15, -0.1) is 20.0 Å². The SMILES string of the molecule is CC(C)C.CC(C)C.CC(C)C1=C(O)C(=O)NC1=O.CC(C)C1=NNC(=O)C1.CC(C)C1NC(=O)NC1=O.CC(C)C1SC(=O)NC1=O.CC(C)c1cn[nH]n1.CC(C)c1n[nH][nH]c1=S.CC(C)c1n[nH]nc1F.CC(C)c1nc(=S)o[nH]1.CC(C)c1ncn[nH]1.CC(C)c1ncno1.CC(C)c1ncns1.CC(C)c1nn[nH]n1.CC(C)n1[nH]nnc1=S.CC(C)n1oc(=O)[nH]c1=O.O=C=O.O=c1cc[nH]o1.O=c1cco[nH]1. The minimum Gasteiger partial charge on any atom is -0.503 e. The number of aliphatic hydroxyl groups is 1. The number of imide groups is 3. The van der Waals surface area contributed by atoms with E-state index in [4.69, 9.17) is 48.2 Å². The van der Waals surface area contributed by atoms with Gasteiger partial charge < -0.3 is 33.0 Å². The summed E-state index contributed by atoms with van der Waals surface area (Å²) in [5.41, 5.74) is 4.85. The van der Waals surface area contributed by atoms with Crippen molar-refractivity contribution in [2.24, 2.45) is 40.6 Å². The number of aliphatic hydroxyl groups excluding tert-OH is 1. The molecule has 0 saturated carbocycles. The highest BCUT2D eigenvalue weighted by molar-refractivity contribution is 8.15. The highest BCUT2D eigenvalue weighted by atomic mass is 32.2. The number of nitrogens with zero attached hydrogens (tertiary/aromatic N) is 20. The maximum Gasteiger partial charge on any atom is 0.440 e. The van der Waals surface area contributed by atoms with Gasteiger partial charge in [0.15, 0.2) is 17.9 Å². The zero-order chi connectivity index (χ0) is 115. The Labute approximate surface area is 883 Å². The molecule has 2 fully saturated rings. The fourth-order valence-corrected chi connectivity index (χ4v) is 11.1. The van der Waals surface area contributed by atoms with Crippen LogP contribution in [0.1, 0.15) is 347 Å². The largest absolute Gasteiger partial charge is 0.503 e. The van der Waals surface area contributed by atoms with Crippen molar-refractivity contribution in [1.82, 2.24) is 179 Å². The van der Waals surface area contributed by atoms with Crippen molar-refractivity contribution in [1.29, 1.82) is 0 Å². The molecule has 2 atom stereocenters. The molecule has 12 aromatic heterocycles. The zero-order valence-corrected chi connectivity index (χ0v) is 94.5. The van der Waals surface area contributed by atoms with E-state index < -0.39 is 35.0 Å². The summed E-state index contributed by atoms with van der Waals surface area (Å²) in [6.07, 6.45) is 9.73. The number of hydrazone groups is 1. The van der Waals surface area contributed by atoms with E-state index in [1.54, 1.807) is 44.9 Å². The van der Waals surface area contributed by atoms with Gasteiger partial charge in [-0.3, -0.25) is 59.7 Å². The summed E-state index contributed by atoms with van der Waals surface area (Å²) >= 11 is 16.9. The molecule has 61 heteroatoms. The molecular formula is C88H147FN36O19S5. The maximum absolute atomic E-state index is 12.4. The number of carbonyl (C=O) groups is 7. The average Bonchev–Trinajstić information content (AvgIpc) is 1.68. The molecule has 2 saturated heterocycles. The second-order valence-electron chi connectivity index (χ2n) is 36.4. The lowest BCUT2D eigenvalue weighted by molar-refractivity contribution is -0.191. The van der Waals surface area contributed by atoms with E-state index in [1.165, 1.54) is 48.8 Å². The molecule has 4 aliphatic heterocycles. The van der Waals surface area contributed by atoms with Gasteiger partial charge in [0, 0.05) is 65.8 Å². The van der Waals surface area contributed by atoms with Gasteiger partial charge in [0.1, 0.15) is 57.6 Å². The van der Waals surface area contributed by atoms with Gasteiger partial charge in [-0.2, -0.15) is 84.9 Å². The lowest BCUT2D eigenvalue weighted by Crippen LogP contribution is -2.33. The van der Waals surface area contributed by atoms with Crippen LogP contribution >= 0.6 is 59.9 Å². The van der Waals surface area contributed by atoms with Crippen molar-refractivity contribution < 1.29 is 75.3 Å². The summed E-state index contributed by atoms with van der Waals surface area (Å²) < 4.78 is 42.5. The fourth-order valence-electron chi connectivity index (χ4n) is 9.04. The highest BCUT2D eigenvalue weighted by Crippen LogP contribution is 2.26. The molecule has 0 radical (unpaired) electrons. The summed E-state index contributed by atoms with van der Waals surface area (Å²) in [4.78, 5) is 150. The summed E-state index contributed by atoms with van der Waals surface area (Å²) in [6.45, 7) is 68.1. The van der Waals surface area contributed by atoms with Gasteiger partial charge in [-0.05, 0) is 105 Å². The first-order chi connectivity index (χ1) is 69.6. The Hall–Kier alpha value is -14.5. The molecule has 0 aromatic carbocycles. The van der Waals surface area contributed by atoms with Crippen LogP contribution in [0.2, 0.25) is 0 Å². The Kier molecular flexibility index (Phi) is 71.6. The van der Waals surface area contributed by atoms with Crippen LogP contribution < -0.4 is 49.3 Å². The quantitative estimate of drug-likeness (QED) is 0.0273. The van der Waals surface area contributed by atoms with E-state index >= 15 is 0 Å². The molecule has 16 rings (SSSR count). The van der Waals surface area contributed by atoms with Crippen LogP contribution in [0.4, 0.5) is 14.0 Å². The minimum atomic E-state index is -0.710. The molecule has 0 bridgehead atoms. The lowest BCUT2D eigenvalue weighted by atomic mass is 10.0. The van der Waals surface area contributed by atoms with Crippen molar-refractivity contribution in [3.05, 3.63) is 169 Å². The molecule has 149 heavy (non-hydrogen) atoms. The number of hydrogen-bond donors (Lipinski definition) is 17. The van der Waals surface area contributed by atoms with E-state index in [0.717, 1.165) is 67.9 Å². The van der Waals surface area contributed by atoms with E-state index in [0.29, 0.717) is 80.8 Å². The smallest absolute Gasteiger partial charge is 0.440 e. The van der Waals surface area contributed by atoms with Gasteiger partial charge in [-0.1, -0.05) is 252 Å². The van der Waals surface area contributed by atoms with Gasteiger partial charge in [0.05, 0.1) is 40.9 Å². The van der Waals surface area contributed by atoms with E-state index in [1.807, 2.05) is 121 Å². The summed E-state index contributed by atoms with van der Waals surface area (Å²) in [5, 5.41) is 90.9. The lowest BCUT2D eigenvalue weighted by Gasteiger charge is -2.09. The van der Waals surface area contributed by atoms with Crippen LogP contribution in [-0.2, 0) is 33.6 Å². The normalized spacial score (nSPS) is 13.1. The molecule has 8 amide bonds. The number of H-pyrrole nitrogens is 11. The third-order valence-electron chi connectivity index (χ3n) is 16.4. The Morgan fingerprint density at radius 1 is 0.570 bits per heavy atom. The second-order valence-corrected chi connectivity index (χ2v) is 39.4. The Bertz CT molecular complexity index is 5730. The molecule has 4 aliphatic rings. The fraction of sp³-hybridized carbons (Fsp3) is 0.602. The number of amides is 8. The van der Waals surface area contributed by atoms with Crippen LogP contribution in [0.3, 0.4) is 0 Å². The number of halogens is 1. The predicted octanol–water partition coefficient (Wildman–Crippen LogP) is 14.3. The Morgan fingerprint density at radius 2 is 1.19 bits per heavy atom. The number of hydrogen-bond acceptors (Lipinski definition) is 42. The minimum absolute atomic E-state index is 0.0127. The van der Waals surface area contributed by atoms with E-state index in [2.05, 4.69) is 287 Å². The number of tetrazole rings is 2. The van der Waals surface area contributed by atoms with Crippen molar-refractivity contribution in [2.75, 3.05) is 0 Å². The number of aromatic amines is 11. The summed E-state index contributed by atoms with van der Waals surface area (Å²) in [5.74, 6) is 5.40. The molecule has 55 nitrogen and oxygen atoms in total. The summed E-state index contributed by atoms with van der Waals surface area (Å²) in [6, 6.07) is 2.08. The van der Waals surface area contributed by atoms with Crippen LogP contribution in [0.15, 0.2) is 108 Å². The number of urea groups is 1. The van der Waals surface area contributed by atoms with E-state index in [9.17, 15) is 57.1 Å². The molecular weight excluding hydrogens is 2040 g/mol. The third-order valence-corrected chi connectivity index (χ3v) is 19.5. The van der Waals surface area contributed by atoms with E-state index in [-0.39, 0.29) is 97.7 Å². The van der Waals surface area contributed by atoms with Crippen LogP contribution in [0.25, 0.3) is 0 Å². The molecule has 12 aromatic rings. The maximum atomic E-state index is 12.4. The van der Waals surface area contributed by atoms with Crippen LogP contribution in [-0.4, -0.2) is 221 Å². The molecule has 17 N–H and O–H groups in total. The van der Waals surface area contributed by atoms with Crippen molar-refractivity contribution >= 4 is 113 Å². The van der Waals surface area contributed by atoms with Gasteiger partial charge >= 0.3 is 34.1 Å². The molecule has 0 aliphatic carbocycles. The van der Waals surface area contributed by atoms with Gasteiger partial charge in [0.25, 0.3) is 34.5 Å². The number of nitrogens with one attached hydrogen (secondary N) is 16. The van der Waals surface area contributed by atoms with Gasteiger partial charge in [0.2, 0.25) is 22.5 Å². The first-order valence-corrected chi connectivity index (χ1v) is 49.5. The topological polar surface area (TPSA) is 783 Å². The molecule has 16 heterocycles. The third kappa shape index (κ3) is 63.6. The van der Waals surface area contributed by atoms with Crippen molar-refractivity contribution in [3.63, 3.8) is 0 Å². The number of thioether (sulfide) groups is 1. The van der Waals surface area contributed by atoms with Crippen molar-refractivity contribution in [3.8, 4) is 0 Å². The Balaban J connectivity index is -0.00000152. The second kappa shape index (κ2) is 77.0. The Morgan fingerprint density at radius 3 is 1.39 bits per heavy atom. The molecule has 830 valence electrons. The standard InChI is InChI=1S/C7H9NO3.C6H10N2O2.C6H10N2O.C6H9NO2S.C5H8FN3.C5H9N3S.2C5H9N3.C5H8N2O3.C5H8N2OS.C5H8N2O.C5H8N2S.C4H8N4S.C4H8N4.2C4H10.2C3H3NO2.CO2/c1-3(2)4-5(9)7(11)8-6(4)10;1-3(2)4-5(9)8-6(10)7-4;1-4(2)5-3-6(9)8-7-5;1-3(2)4-5(8)7-6(9)10-4;1-3(2)4-5(6)8-9-7-4;1-3(2)4-5(9)7-8-6-4;1-4(2)5-6-3-7-8-5;1-4(2)5-3-6-8-7-5;1-3(2)7-4(8)6-5(9)10-7;1-3(2)4-6-5(9)8-7-4;2*1-4(2)5-6-3-7-8-5;1-3(2)8-4(9)5-6-7-8;1-3(2)4-5-7-8-6-4;2*1-4(2)3;5-3-1-2-6-4-3;5-3-1-2-4-6-3;2-1-3/h3H,1-2H3,(H2,8,9,10,11);3-4H,1-2H3,(H2,7,8,9,10);4H,3H2,1-2H3,(H,8,9);3-4H,1-2H3,(H,7,8,9);3H,1-2H3,(H,7,8,9);3H,1-2H3,(H2,6,7,8,9);2*3-4H,1-2H3,(H,6,7,8);3H,1-2H3,(H,6,8,9);3H,1-2H3,(H,6,7,9);2*3-4H,1-2H3;3H,1-2H3,(H,5,7,9);3H,1-2H3,(H,5,6,7,8);2*4H,1-3H3;1-2H,(H,4,5);1-2,4H;. The first kappa shape index (κ1) is 139. The molecule has 2 unspecified atom stereocenters. The number of rotatable bonds is 14. The zero-order valence-electron chi connectivity index (χ0n) is 90.4. The van der Waals surface area contributed by atoms with Crippen LogP contribution in [0, 0.1) is 55.7 Å². The van der Waals surface area contributed by atoms with Gasteiger partial charge in [-0.25, -0.2) is 59.8 Å². The highest BCUT2D eigenvalue weighted by Gasteiger charge is 2.35. The van der Waals surface area contributed by atoms with Crippen LogP contribution in [0.5, 0.6) is 0 Å². The average molecular weight is 2190 g/mol. The monoisotopic (exact) mass is 2190 g/mol. The predicted molar refractivity (Wildman–Crippen MR) is 558 cm³/mol. The number of carbonyl (C=O) groups excluding carboxylic acids is 9.